The van der Waals surface area contributed by atoms with Crippen molar-refractivity contribution in [1.82, 2.24) is 15.5 Å². The Kier molecular flexibility index (Phi) is 5.41. The monoisotopic (exact) mass is 382 g/mol. The van der Waals surface area contributed by atoms with Crippen molar-refractivity contribution in [3.8, 4) is 11.4 Å². The van der Waals surface area contributed by atoms with Gasteiger partial charge in [0.15, 0.2) is 0 Å². The van der Waals surface area contributed by atoms with E-state index in [1.54, 1.807) is 11.8 Å². The van der Waals surface area contributed by atoms with Gasteiger partial charge in [0.2, 0.25) is 23.5 Å². The van der Waals surface area contributed by atoms with Crippen LogP contribution in [0.5, 0.6) is 0 Å². The molecule has 1 saturated carbocycles. The molecule has 0 radical (unpaired) electrons. The molecule has 1 saturated heterocycles. The molecule has 1 aliphatic heterocycles. The Bertz CT molecular complexity index is 855. The zero-order valence-corrected chi connectivity index (χ0v) is 16.2. The molecule has 0 unspecified atom stereocenters. The maximum Gasteiger partial charge on any atom is 0.227 e. The van der Waals surface area contributed by atoms with Crippen molar-refractivity contribution >= 4 is 17.5 Å². The topological polar surface area (TPSA) is 88.3 Å². The number of aromatic nitrogens is 2. The van der Waals surface area contributed by atoms with E-state index in [1.165, 1.54) is 25.7 Å². The van der Waals surface area contributed by atoms with Crippen molar-refractivity contribution < 1.29 is 14.1 Å². The highest BCUT2D eigenvalue weighted by Crippen LogP contribution is 2.29. The summed E-state index contributed by atoms with van der Waals surface area (Å²) in [6, 6.07) is 7.74. The lowest BCUT2D eigenvalue weighted by Crippen LogP contribution is -2.39. The number of nitrogens with zero attached hydrogens (tertiary/aromatic N) is 3. The predicted molar refractivity (Wildman–Crippen MR) is 105 cm³/mol. The van der Waals surface area contributed by atoms with Crippen molar-refractivity contribution in [2.45, 2.75) is 57.9 Å². The smallest absolute Gasteiger partial charge is 0.227 e. The van der Waals surface area contributed by atoms with Gasteiger partial charge in [0.25, 0.3) is 0 Å². The number of hydrogen-bond donors (Lipinski definition) is 1. The van der Waals surface area contributed by atoms with Crippen LogP contribution < -0.4 is 10.2 Å². The van der Waals surface area contributed by atoms with Gasteiger partial charge < -0.3 is 14.7 Å². The zero-order valence-electron chi connectivity index (χ0n) is 16.2. The highest BCUT2D eigenvalue weighted by Gasteiger charge is 2.36. The largest absolute Gasteiger partial charge is 0.353 e. The second kappa shape index (κ2) is 8.12. The molecule has 0 bridgehead atoms. The molecule has 2 fully saturated rings. The lowest BCUT2D eigenvalue weighted by Gasteiger charge is -2.20. The number of aryl methyl sites for hydroxylation is 1. The molecule has 7 nitrogen and oxygen atoms in total. The van der Waals surface area contributed by atoms with Gasteiger partial charge in [-0.15, -0.1) is 0 Å². The molecule has 4 rings (SSSR count). The summed E-state index contributed by atoms with van der Waals surface area (Å²) in [7, 11) is 0. The Hall–Kier alpha value is -2.70. The highest BCUT2D eigenvalue weighted by molar-refractivity contribution is 6.00. The summed E-state index contributed by atoms with van der Waals surface area (Å²) in [5, 5.41) is 7.12. The van der Waals surface area contributed by atoms with Gasteiger partial charge in [-0.1, -0.05) is 43.0 Å². The average Bonchev–Trinajstić information content (AvgIpc) is 3.21. The molecule has 0 spiro atoms. The number of rotatable bonds is 4. The summed E-state index contributed by atoms with van der Waals surface area (Å²) >= 11 is 0. The van der Waals surface area contributed by atoms with E-state index >= 15 is 0 Å². The van der Waals surface area contributed by atoms with Gasteiger partial charge in [-0.25, -0.2) is 0 Å². The third-order valence-corrected chi connectivity index (χ3v) is 5.64. The predicted octanol–water partition coefficient (Wildman–Crippen LogP) is 3.24. The molecule has 28 heavy (non-hydrogen) atoms. The van der Waals surface area contributed by atoms with Crippen LogP contribution in [0.4, 0.5) is 5.69 Å². The van der Waals surface area contributed by atoms with Gasteiger partial charge in [-0.2, -0.15) is 4.98 Å². The molecular weight excluding hydrogens is 356 g/mol. The first-order chi connectivity index (χ1) is 13.6. The van der Waals surface area contributed by atoms with E-state index in [0.29, 0.717) is 18.3 Å². The van der Waals surface area contributed by atoms with Crippen LogP contribution in [-0.4, -0.2) is 34.5 Å². The van der Waals surface area contributed by atoms with Gasteiger partial charge >= 0.3 is 0 Å². The molecular formula is C21H26N4O3. The van der Waals surface area contributed by atoms with E-state index in [1.807, 2.05) is 24.3 Å². The fourth-order valence-corrected chi connectivity index (χ4v) is 4.10. The van der Waals surface area contributed by atoms with Crippen LogP contribution in [0.3, 0.4) is 0 Å². The number of benzene rings is 1. The average molecular weight is 382 g/mol. The quantitative estimate of drug-likeness (QED) is 0.820. The second-order valence-corrected chi connectivity index (χ2v) is 7.79. The van der Waals surface area contributed by atoms with Crippen LogP contribution in [0.1, 0.15) is 50.8 Å². The summed E-state index contributed by atoms with van der Waals surface area (Å²) in [5.74, 6) is 0.670. The molecule has 1 aliphatic carbocycles. The number of hydrogen-bond acceptors (Lipinski definition) is 5. The second-order valence-electron chi connectivity index (χ2n) is 7.79. The maximum atomic E-state index is 12.7. The Labute approximate surface area is 164 Å². The number of carbonyl (C=O) groups is 2. The Morgan fingerprint density at radius 2 is 2.00 bits per heavy atom. The van der Waals surface area contributed by atoms with Gasteiger partial charge in [0.05, 0.1) is 5.92 Å². The van der Waals surface area contributed by atoms with Crippen LogP contribution in [0, 0.1) is 12.8 Å². The summed E-state index contributed by atoms with van der Waals surface area (Å²) in [6.07, 6.45) is 7.18. The van der Waals surface area contributed by atoms with E-state index < -0.39 is 0 Å². The van der Waals surface area contributed by atoms with Gasteiger partial charge in [0, 0.05) is 37.2 Å². The molecule has 2 aliphatic rings. The first-order valence-electron chi connectivity index (χ1n) is 10.1. The van der Waals surface area contributed by atoms with Crippen LogP contribution in [0.25, 0.3) is 11.4 Å². The van der Waals surface area contributed by atoms with E-state index in [2.05, 4.69) is 15.5 Å². The SMILES string of the molecule is Cc1nc(-c2cccc(N3C[C@@H](C(=O)NC4CCCCCC4)CC3=O)c2)no1. The van der Waals surface area contributed by atoms with E-state index in [-0.39, 0.29) is 30.2 Å². The minimum atomic E-state index is -0.299. The standard InChI is InChI=1S/C21H26N4O3/c1-14-22-20(24-28-14)15-7-6-10-18(11-15)25-13-16(12-19(25)26)21(27)23-17-8-4-2-3-5-9-17/h6-7,10-11,16-17H,2-5,8-9,12-13H2,1H3,(H,23,27)/t16-/m0/s1. The fourth-order valence-electron chi connectivity index (χ4n) is 4.10. The normalized spacial score (nSPS) is 21.0. The lowest BCUT2D eigenvalue weighted by atomic mass is 10.0. The van der Waals surface area contributed by atoms with Crippen molar-refractivity contribution in [2.24, 2.45) is 5.92 Å². The van der Waals surface area contributed by atoms with Gasteiger partial charge in [0.1, 0.15) is 0 Å². The Morgan fingerprint density at radius 1 is 1.21 bits per heavy atom. The molecule has 2 heterocycles. The van der Waals surface area contributed by atoms with Crippen LogP contribution >= 0.6 is 0 Å². The van der Waals surface area contributed by atoms with E-state index in [4.69, 9.17) is 4.52 Å². The molecule has 1 aromatic carbocycles. The van der Waals surface area contributed by atoms with Crippen molar-refractivity contribution in [3.05, 3.63) is 30.2 Å². The molecule has 1 aromatic heterocycles. The minimum absolute atomic E-state index is 0.00713. The van der Waals surface area contributed by atoms with Crippen LogP contribution in [0.15, 0.2) is 28.8 Å². The number of carbonyl (C=O) groups excluding carboxylic acids is 2. The fraction of sp³-hybridized carbons (Fsp3) is 0.524. The summed E-state index contributed by atoms with van der Waals surface area (Å²) < 4.78 is 5.04. The first-order valence-corrected chi connectivity index (χ1v) is 10.1. The Morgan fingerprint density at radius 3 is 2.71 bits per heavy atom. The number of nitrogens with one attached hydrogen (secondary N) is 1. The third kappa shape index (κ3) is 4.08. The van der Waals surface area contributed by atoms with Crippen molar-refractivity contribution in [1.29, 1.82) is 0 Å². The molecule has 2 amide bonds. The summed E-state index contributed by atoms with van der Waals surface area (Å²) in [5.41, 5.74) is 1.54. The van der Waals surface area contributed by atoms with Crippen LogP contribution in [0.2, 0.25) is 0 Å². The molecule has 1 atom stereocenters. The Balaban J connectivity index is 1.44. The molecule has 148 valence electrons. The highest BCUT2D eigenvalue weighted by atomic mass is 16.5. The van der Waals surface area contributed by atoms with E-state index in [0.717, 1.165) is 24.1 Å². The van der Waals surface area contributed by atoms with Gasteiger partial charge in [-0.05, 0) is 25.0 Å². The molecule has 2 aromatic rings. The summed E-state index contributed by atoms with van der Waals surface area (Å²) in [6.45, 7) is 2.15. The van der Waals surface area contributed by atoms with E-state index in [9.17, 15) is 9.59 Å². The zero-order chi connectivity index (χ0) is 19.5. The minimum Gasteiger partial charge on any atom is -0.353 e. The third-order valence-electron chi connectivity index (χ3n) is 5.64. The molecule has 1 N–H and O–H groups in total. The van der Waals surface area contributed by atoms with Crippen LogP contribution in [-0.2, 0) is 9.59 Å². The summed E-state index contributed by atoms with van der Waals surface area (Å²) in [4.78, 5) is 31.2. The lowest BCUT2D eigenvalue weighted by molar-refractivity contribution is -0.127. The van der Waals surface area contributed by atoms with Crippen molar-refractivity contribution in [3.63, 3.8) is 0 Å². The first kappa shape index (κ1) is 18.7. The van der Waals surface area contributed by atoms with Crippen molar-refractivity contribution in [2.75, 3.05) is 11.4 Å². The maximum absolute atomic E-state index is 12.7. The van der Waals surface area contributed by atoms with Gasteiger partial charge in [-0.3, -0.25) is 9.59 Å². The number of amides is 2. The number of anilines is 1. The molecule has 7 heteroatoms.